The quantitative estimate of drug-likeness (QED) is 0.432. The van der Waals surface area contributed by atoms with Crippen LogP contribution in [-0.4, -0.2) is 21.6 Å². The number of pyridine rings is 1. The molecule has 0 aliphatic rings. The molecule has 5 nitrogen and oxygen atoms in total. The van der Waals surface area contributed by atoms with Gasteiger partial charge in [-0.25, -0.2) is 0 Å². The second kappa shape index (κ2) is 9.47. The third-order valence-electron chi connectivity index (χ3n) is 5.43. The van der Waals surface area contributed by atoms with Crippen LogP contribution in [0.4, 0.5) is 0 Å². The van der Waals surface area contributed by atoms with Gasteiger partial charge in [0.25, 0.3) is 5.91 Å². The van der Waals surface area contributed by atoms with Crippen molar-refractivity contribution in [1.29, 1.82) is 0 Å². The molecule has 0 spiro atoms. The lowest BCUT2D eigenvalue weighted by molar-refractivity contribution is 0.0942. The smallest absolute Gasteiger partial charge is 0.268 e. The van der Waals surface area contributed by atoms with E-state index in [1.165, 1.54) is 0 Å². The Hall–Kier alpha value is -3.60. The van der Waals surface area contributed by atoms with Gasteiger partial charge in [0.1, 0.15) is 11.4 Å². The van der Waals surface area contributed by atoms with Gasteiger partial charge in [-0.05, 0) is 54.8 Å². The molecular formula is C26H27N3O2. The number of benzene rings is 2. The predicted molar refractivity (Wildman–Crippen MR) is 123 cm³/mol. The minimum absolute atomic E-state index is 0.104. The number of hydrogen-bond donors (Lipinski definition) is 1. The number of fused-ring (bicyclic) bond motifs is 1. The molecule has 158 valence electrons. The number of carbonyl (C=O) groups excluding carboxylic acids is 1. The topological polar surface area (TPSA) is 56.1 Å². The Bertz CT molecular complexity index is 1150. The Morgan fingerprint density at radius 2 is 1.81 bits per heavy atom. The fourth-order valence-corrected chi connectivity index (χ4v) is 3.56. The van der Waals surface area contributed by atoms with E-state index in [9.17, 15) is 4.79 Å². The number of aromatic nitrogens is 2. The highest BCUT2D eigenvalue weighted by Crippen LogP contribution is 2.31. The average Bonchev–Trinajstić information content (AvgIpc) is 3.18. The minimum Gasteiger partial charge on any atom is -0.490 e. The fourth-order valence-electron chi connectivity index (χ4n) is 3.56. The van der Waals surface area contributed by atoms with Gasteiger partial charge in [0.2, 0.25) is 0 Å². The van der Waals surface area contributed by atoms with Crippen LogP contribution in [0.1, 0.15) is 41.9 Å². The lowest BCUT2D eigenvalue weighted by atomic mass is 10.2. The molecule has 0 saturated heterocycles. The van der Waals surface area contributed by atoms with Crippen LogP contribution in [0.25, 0.3) is 10.9 Å². The van der Waals surface area contributed by atoms with Crippen LogP contribution in [0.3, 0.4) is 0 Å². The third kappa shape index (κ3) is 4.77. The van der Waals surface area contributed by atoms with Gasteiger partial charge >= 0.3 is 0 Å². The zero-order chi connectivity index (χ0) is 21.6. The van der Waals surface area contributed by atoms with Crippen molar-refractivity contribution in [3.8, 4) is 5.75 Å². The predicted octanol–water partition coefficient (Wildman–Crippen LogP) is 5.19. The van der Waals surface area contributed by atoms with Crippen LogP contribution in [0.5, 0.6) is 5.75 Å². The average molecular weight is 414 g/mol. The number of carbonyl (C=O) groups is 1. The molecule has 0 aliphatic carbocycles. The molecule has 0 radical (unpaired) electrons. The summed E-state index contributed by atoms with van der Waals surface area (Å²) in [5, 5.41) is 4.00. The van der Waals surface area contributed by atoms with Crippen LogP contribution >= 0.6 is 0 Å². The Morgan fingerprint density at radius 3 is 2.55 bits per heavy atom. The van der Waals surface area contributed by atoms with Gasteiger partial charge in [-0.15, -0.1) is 0 Å². The van der Waals surface area contributed by atoms with Gasteiger partial charge in [-0.1, -0.05) is 43.3 Å². The molecular weight excluding hydrogens is 386 g/mol. The van der Waals surface area contributed by atoms with E-state index in [0.29, 0.717) is 18.8 Å². The molecule has 4 aromatic rings. The number of nitrogens with zero attached hydrogens (tertiary/aromatic N) is 2. The summed E-state index contributed by atoms with van der Waals surface area (Å²) in [5.41, 5.74) is 3.75. The largest absolute Gasteiger partial charge is 0.490 e. The van der Waals surface area contributed by atoms with Crippen LogP contribution in [0.15, 0.2) is 79.1 Å². The van der Waals surface area contributed by atoms with Crippen molar-refractivity contribution in [2.24, 2.45) is 0 Å². The molecule has 0 fully saturated rings. The Labute approximate surface area is 182 Å². The molecule has 31 heavy (non-hydrogen) atoms. The highest BCUT2D eigenvalue weighted by Gasteiger charge is 2.19. The highest BCUT2D eigenvalue weighted by atomic mass is 16.5. The van der Waals surface area contributed by atoms with Crippen molar-refractivity contribution in [3.63, 3.8) is 0 Å². The minimum atomic E-state index is -0.113. The monoisotopic (exact) mass is 413 g/mol. The molecule has 0 saturated carbocycles. The molecule has 2 aromatic carbocycles. The lowest BCUT2D eigenvalue weighted by Crippen LogP contribution is -2.25. The summed E-state index contributed by atoms with van der Waals surface area (Å²) in [5.74, 6) is 0.695. The molecule has 5 heteroatoms. The Morgan fingerprint density at radius 1 is 1.03 bits per heavy atom. The van der Waals surface area contributed by atoms with Gasteiger partial charge in [-0.3, -0.25) is 9.78 Å². The first kappa shape index (κ1) is 20.7. The van der Waals surface area contributed by atoms with E-state index in [4.69, 9.17) is 4.74 Å². The molecule has 1 N–H and O–H groups in total. The molecule has 1 atom stereocenters. The Balaban J connectivity index is 1.71. The van der Waals surface area contributed by atoms with E-state index in [1.54, 1.807) is 12.4 Å². The second-order valence-corrected chi connectivity index (χ2v) is 7.67. The van der Waals surface area contributed by atoms with E-state index < -0.39 is 0 Å². The molecule has 0 bridgehead atoms. The molecule has 2 heterocycles. The van der Waals surface area contributed by atoms with Crippen LogP contribution in [0, 0.1) is 0 Å². The van der Waals surface area contributed by atoms with Crippen molar-refractivity contribution in [3.05, 3.63) is 95.9 Å². The van der Waals surface area contributed by atoms with Crippen molar-refractivity contribution in [2.75, 3.05) is 0 Å². The summed E-state index contributed by atoms with van der Waals surface area (Å²) in [6.07, 6.45) is 4.48. The van der Waals surface area contributed by atoms with E-state index in [2.05, 4.69) is 40.8 Å². The maximum atomic E-state index is 13.2. The lowest BCUT2D eigenvalue weighted by Gasteiger charge is -2.14. The van der Waals surface area contributed by atoms with Crippen molar-refractivity contribution in [2.45, 2.75) is 39.5 Å². The first-order chi connectivity index (χ1) is 15.2. The first-order valence-electron chi connectivity index (χ1n) is 10.7. The van der Waals surface area contributed by atoms with E-state index in [-0.39, 0.29) is 12.0 Å². The van der Waals surface area contributed by atoms with Gasteiger partial charge < -0.3 is 14.6 Å². The Kier molecular flexibility index (Phi) is 6.32. The SMILES string of the molecule is CCC(C)Oc1cccc2c1cc(C(=O)NCc1ccncc1)n2Cc1ccccc1. The number of ether oxygens (including phenoxy) is 1. The summed E-state index contributed by atoms with van der Waals surface area (Å²) in [7, 11) is 0. The molecule has 4 rings (SSSR count). The van der Waals surface area contributed by atoms with Crippen molar-refractivity contribution >= 4 is 16.8 Å². The first-order valence-corrected chi connectivity index (χ1v) is 10.7. The third-order valence-corrected chi connectivity index (χ3v) is 5.43. The summed E-state index contributed by atoms with van der Waals surface area (Å²) in [4.78, 5) is 17.2. The molecule has 0 aliphatic heterocycles. The van der Waals surface area contributed by atoms with Gasteiger partial charge in [0.05, 0.1) is 11.6 Å². The molecule has 2 aromatic heterocycles. The van der Waals surface area contributed by atoms with E-state index >= 15 is 0 Å². The normalized spacial score (nSPS) is 11.9. The van der Waals surface area contributed by atoms with Crippen LogP contribution in [0.2, 0.25) is 0 Å². The number of hydrogen-bond acceptors (Lipinski definition) is 3. The summed E-state index contributed by atoms with van der Waals surface area (Å²) >= 11 is 0. The molecule has 1 unspecified atom stereocenters. The van der Waals surface area contributed by atoms with Gasteiger partial charge in [0.15, 0.2) is 0 Å². The fraction of sp³-hybridized carbons (Fsp3) is 0.231. The zero-order valence-corrected chi connectivity index (χ0v) is 17.9. The standard InChI is InChI=1S/C26H27N3O2/c1-3-19(2)31-25-11-7-10-23-22(25)16-24(29(23)18-21-8-5-4-6-9-21)26(30)28-17-20-12-14-27-15-13-20/h4-16,19H,3,17-18H2,1-2H3,(H,28,30). The second-order valence-electron chi connectivity index (χ2n) is 7.67. The highest BCUT2D eigenvalue weighted by molar-refractivity contribution is 6.00. The maximum absolute atomic E-state index is 13.2. The maximum Gasteiger partial charge on any atom is 0.268 e. The number of nitrogens with one attached hydrogen (secondary N) is 1. The van der Waals surface area contributed by atoms with Crippen molar-refractivity contribution in [1.82, 2.24) is 14.9 Å². The van der Waals surface area contributed by atoms with Crippen molar-refractivity contribution < 1.29 is 9.53 Å². The molecule has 1 amide bonds. The number of amides is 1. The van der Waals surface area contributed by atoms with E-state index in [0.717, 1.165) is 34.2 Å². The van der Waals surface area contributed by atoms with Crippen LogP contribution < -0.4 is 10.1 Å². The summed E-state index contributed by atoms with van der Waals surface area (Å²) < 4.78 is 8.22. The van der Waals surface area contributed by atoms with Gasteiger partial charge in [-0.2, -0.15) is 0 Å². The number of rotatable bonds is 8. The van der Waals surface area contributed by atoms with Crippen LogP contribution in [-0.2, 0) is 13.1 Å². The zero-order valence-electron chi connectivity index (χ0n) is 17.9. The van der Waals surface area contributed by atoms with Gasteiger partial charge in [0, 0.05) is 30.9 Å². The summed E-state index contributed by atoms with van der Waals surface area (Å²) in [6, 6.07) is 21.9. The van der Waals surface area contributed by atoms with E-state index in [1.807, 2.05) is 54.6 Å². The summed E-state index contributed by atoms with van der Waals surface area (Å²) in [6.45, 7) is 5.21.